The molecule has 5 rings (SSSR count). The van der Waals surface area contributed by atoms with Crippen LogP contribution in [0.25, 0.3) is 21.8 Å². The second-order valence-corrected chi connectivity index (χ2v) is 9.44. The van der Waals surface area contributed by atoms with Crippen molar-refractivity contribution in [3.05, 3.63) is 77.6 Å². The molecule has 0 aliphatic carbocycles. The zero-order valence-corrected chi connectivity index (χ0v) is 21.1. The Morgan fingerprint density at radius 3 is 2.47 bits per heavy atom. The lowest BCUT2D eigenvalue weighted by Crippen LogP contribution is -2.36. The molecular formula is C29H33N5O2. The van der Waals surface area contributed by atoms with Crippen molar-refractivity contribution in [3.63, 3.8) is 0 Å². The first-order chi connectivity index (χ1) is 17.5. The molecule has 7 nitrogen and oxygen atoms in total. The SMILES string of the molecule is CCNC(=O)OC(c1cc(C)nc2ccccc12)C1CNCCN(c2cc(C)nc3ccccc23)C1. The second kappa shape index (κ2) is 10.5. The molecule has 1 saturated heterocycles. The number of benzene rings is 2. The van der Waals surface area contributed by atoms with Gasteiger partial charge in [0.25, 0.3) is 0 Å². The number of alkyl carbamates (subject to hydrolysis) is 1. The van der Waals surface area contributed by atoms with Crippen molar-refractivity contribution >= 4 is 33.6 Å². The fraction of sp³-hybridized carbons (Fsp3) is 0.345. The number of pyridine rings is 2. The normalized spacial score (nSPS) is 17.1. The number of nitrogens with one attached hydrogen (secondary N) is 2. The molecule has 2 N–H and O–H groups in total. The van der Waals surface area contributed by atoms with E-state index >= 15 is 0 Å². The number of rotatable bonds is 5. The van der Waals surface area contributed by atoms with E-state index in [1.807, 2.05) is 45.0 Å². The Hall–Kier alpha value is -3.71. The van der Waals surface area contributed by atoms with Gasteiger partial charge in [0.15, 0.2) is 0 Å². The third kappa shape index (κ3) is 4.97. The van der Waals surface area contributed by atoms with Crippen LogP contribution >= 0.6 is 0 Å². The number of amides is 1. The summed E-state index contributed by atoms with van der Waals surface area (Å²) in [5.74, 6) is 0.0209. The minimum absolute atomic E-state index is 0.0209. The summed E-state index contributed by atoms with van der Waals surface area (Å²) in [5.41, 5.74) is 5.96. The maximum absolute atomic E-state index is 12.8. The van der Waals surface area contributed by atoms with Crippen LogP contribution in [-0.4, -0.2) is 48.8 Å². The largest absolute Gasteiger partial charge is 0.441 e. The van der Waals surface area contributed by atoms with E-state index in [-0.39, 0.29) is 5.92 Å². The molecule has 2 aromatic heterocycles. The van der Waals surface area contributed by atoms with Gasteiger partial charge in [0.1, 0.15) is 6.10 Å². The lowest BCUT2D eigenvalue weighted by molar-refractivity contribution is 0.0649. The number of nitrogens with zero attached hydrogens (tertiary/aromatic N) is 3. The Morgan fingerprint density at radius 2 is 1.72 bits per heavy atom. The highest BCUT2D eigenvalue weighted by Gasteiger charge is 2.32. The van der Waals surface area contributed by atoms with Gasteiger partial charge in [-0.05, 0) is 45.0 Å². The van der Waals surface area contributed by atoms with Crippen LogP contribution in [0, 0.1) is 19.8 Å². The van der Waals surface area contributed by atoms with Gasteiger partial charge in [0.2, 0.25) is 0 Å². The van der Waals surface area contributed by atoms with Gasteiger partial charge in [-0.2, -0.15) is 0 Å². The molecule has 1 fully saturated rings. The van der Waals surface area contributed by atoms with Crippen LogP contribution in [0.2, 0.25) is 0 Å². The topological polar surface area (TPSA) is 79.4 Å². The Balaban J connectivity index is 1.58. The standard InChI is InChI=1S/C29H33N5O2/c1-4-31-29(35)36-28(24-15-19(2)32-25-11-7-5-9-22(24)25)21-17-30-13-14-34(18-21)27-16-20(3)33-26-12-8-6-10-23(26)27/h5-12,15-16,21,28,30H,4,13-14,17-18H2,1-3H3,(H,31,35). The summed E-state index contributed by atoms with van der Waals surface area (Å²) in [6.45, 7) is 9.61. The molecule has 0 saturated carbocycles. The molecule has 7 heteroatoms. The third-order valence-corrected chi connectivity index (χ3v) is 6.75. The van der Waals surface area contributed by atoms with Crippen molar-refractivity contribution in [2.45, 2.75) is 26.9 Å². The first-order valence-electron chi connectivity index (χ1n) is 12.7. The molecule has 1 aliphatic rings. The van der Waals surface area contributed by atoms with Gasteiger partial charge in [-0.3, -0.25) is 9.97 Å². The molecule has 36 heavy (non-hydrogen) atoms. The van der Waals surface area contributed by atoms with Crippen molar-refractivity contribution in [2.75, 3.05) is 37.6 Å². The van der Waals surface area contributed by atoms with Crippen LogP contribution in [0.1, 0.15) is 30.0 Å². The summed E-state index contributed by atoms with van der Waals surface area (Å²) in [7, 11) is 0. The summed E-state index contributed by atoms with van der Waals surface area (Å²) >= 11 is 0. The second-order valence-electron chi connectivity index (χ2n) is 9.44. The number of fused-ring (bicyclic) bond motifs is 2. The van der Waals surface area contributed by atoms with Gasteiger partial charge >= 0.3 is 6.09 Å². The molecule has 0 radical (unpaired) electrons. The summed E-state index contributed by atoms with van der Waals surface area (Å²) in [4.78, 5) is 24.6. The summed E-state index contributed by atoms with van der Waals surface area (Å²) in [6.07, 6.45) is -0.840. The summed E-state index contributed by atoms with van der Waals surface area (Å²) in [5, 5.41) is 8.56. The average molecular weight is 484 g/mol. The smallest absolute Gasteiger partial charge is 0.407 e. The van der Waals surface area contributed by atoms with Gasteiger partial charge in [0.05, 0.1) is 11.0 Å². The van der Waals surface area contributed by atoms with E-state index in [2.05, 4.69) is 51.9 Å². The minimum atomic E-state index is -0.439. The van der Waals surface area contributed by atoms with E-state index in [1.54, 1.807) is 0 Å². The highest BCUT2D eigenvalue weighted by atomic mass is 16.6. The van der Waals surface area contributed by atoms with Gasteiger partial charge in [-0.25, -0.2) is 4.79 Å². The Labute approximate surface area is 211 Å². The van der Waals surface area contributed by atoms with E-state index in [0.717, 1.165) is 64.9 Å². The zero-order chi connectivity index (χ0) is 25.1. The van der Waals surface area contributed by atoms with Crippen LogP contribution < -0.4 is 15.5 Å². The molecule has 4 aromatic rings. The fourth-order valence-electron chi connectivity index (χ4n) is 5.20. The predicted molar refractivity (Wildman–Crippen MR) is 144 cm³/mol. The van der Waals surface area contributed by atoms with Crippen molar-refractivity contribution in [1.82, 2.24) is 20.6 Å². The average Bonchev–Trinajstić information content (AvgIpc) is 3.13. The van der Waals surface area contributed by atoms with Crippen LogP contribution in [-0.2, 0) is 4.74 Å². The number of ether oxygens (including phenoxy) is 1. The summed E-state index contributed by atoms with van der Waals surface area (Å²) < 4.78 is 6.17. The molecular weight excluding hydrogens is 450 g/mol. The molecule has 1 amide bonds. The monoisotopic (exact) mass is 483 g/mol. The van der Waals surface area contributed by atoms with E-state index in [1.165, 1.54) is 5.69 Å². The van der Waals surface area contributed by atoms with E-state index in [9.17, 15) is 4.79 Å². The van der Waals surface area contributed by atoms with Gasteiger partial charge in [-0.15, -0.1) is 0 Å². The number of aromatic nitrogens is 2. The van der Waals surface area contributed by atoms with Crippen LogP contribution in [0.5, 0.6) is 0 Å². The molecule has 1 aliphatic heterocycles. The summed E-state index contributed by atoms with van der Waals surface area (Å²) in [6, 6.07) is 20.6. The van der Waals surface area contributed by atoms with E-state index in [4.69, 9.17) is 14.7 Å². The molecule has 2 unspecified atom stereocenters. The molecule has 2 aromatic carbocycles. The Morgan fingerprint density at radius 1 is 1.06 bits per heavy atom. The van der Waals surface area contributed by atoms with Crippen molar-refractivity contribution in [1.29, 1.82) is 0 Å². The van der Waals surface area contributed by atoms with E-state index < -0.39 is 12.2 Å². The third-order valence-electron chi connectivity index (χ3n) is 6.75. The fourth-order valence-corrected chi connectivity index (χ4v) is 5.20. The zero-order valence-electron chi connectivity index (χ0n) is 21.1. The Bertz CT molecular complexity index is 1390. The highest BCUT2D eigenvalue weighted by Crippen LogP contribution is 2.35. The quantitative estimate of drug-likeness (QED) is 0.420. The van der Waals surface area contributed by atoms with Crippen LogP contribution in [0.3, 0.4) is 0 Å². The van der Waals surface area contributed by atoms with Crippen molar-refractivity contribution in [3.8, 4) is 0 Å². The maximum atomic E-state index is 12.8. The number of hydrogen-bond acceptors (Lipinski definition) is 6. The molecule has 0 spiro atoms. The molecule has 2 atom stereocenters. The number of carbonyl (C=O) groups excluding carboxylic acids is 1. The number of carbonyl (C=O) groups is 1. The van der Waals surface area contributed by atoms with Crippen LogP contribution in [0.4, 0.5) is 10.5 Å². The van der Waals surface area contributed by atoms with E-state index in [0.29, 0.717) is 6.54 Å². The lowest BCUT2D eigenvalue weighted by Gasteiger charge is -2.32. The van der Waals surface area contributed by atoms with Crippen LogP contribution in [0.15, 0.2) is 60.7 Å². The first kappa shape index (κ1) is 24.0. The number of hydrogen-bond donors (Lipinski definition) is 2. The lowest BCUT2D eigenvalue weighted by atomic mass is 9.91. The predicted octanol–water partition coefficient (Wildman–Crippen LogP) is 4.91. The van der Waals surface area contributed by atoms with Gasteiger partial charge in [0, 0.05) is 72.1 Å². The molecule has 3 heterocycles. The number of para-hydroxylation sites is 2. The first-order valence-corrected chi connectivity index (χ1v) is 12.7. The van der Waals surface area contributed by atoms with Crippen molar-refractivity contribution < 1.29 is 9.53 Å². The highest BCUT2D eigenvalue weighted by molar-refractivity contribution is 5.92. The number of aryl methyl sites for hydroxylation is 2. The Kier molecular flexibility index (Phi) is 7.00. The number of anilines is 1. The molecule has 0 bridgehead atoms. The van der Waals surface area contributed by atoms with Gasteiger partial charge < -0.3 is 20.3 Å². The van der Waals surface area contributed by atoms with Crippen molar-refractivity contribution in [2.24, 2.45) is 5.92 Å². The maximum Gasteiger partial charge on any atom is 0.407 e. The minimum Gasteiger partial charge on any atom is -0.441 e. The van der Waals surface area contributed by atoms with Gasteiger partial charge in [-0.1, -0.05) is 36.4 Å². The molecule has 186 valence electrons.